The van der Waals surface area contributed by atoms with Gasteiger partial charge in [0.05, 0.1) is 11.1 Å². The van der Waals surface area contributed by atoms with Crippen LogP contribution in [-0.2, 0) is 4.74 Å². The smallest absolute Gasteiger partial charge is 0.142 e. The van der Waals surface area contributed by atoms with Crippen molar-refractivity contribution in [2.75, 3.05) is 19.7 Å². The first kappa shape index (κ1) is 11.8. The van der Waals surface area contributed by atoms with Gasteiger partial charge < -0.3 is 10.1 Å². The van der Waals surface area contributed by atoms with Gasteiger partial charge in [0, 0.05) is 25.6 Å². The molecule has 1 aliphatic heterocycles. The van der Waals surface area contributed by atoms with E-state index in [1.807, 2.05) is 13.0 Å². The largest absolute Gasteiger partial charge is 0.373 e. The number of nitrogens with one attached hydrogen (secondary N) is 1. The Morgan fingerprint density at radius 2 is 2.31 bits per heavy atom. The van der Waals surface area contributed by atoms with Crippen LogP contribution in [0.25, 0.3) is 0 Å². The lowest BCUT2D eigenvalue weighted by atomic mass is 9.91. The zero-order valence-corrected chi connectivity index (χ0v) is 9.93. The molecule has 0 bridgehead atoms. The van der Waals surface area contributed by atoms with Crippen molar-refractivity contribution in [2.24, 2.45) is 5.92 Å². The van der Waals surface area contributed by atoms with Crippen molar-refractivity contribution < 1.29 is 9.13 Å². The van der Waals surface area contributed by atoms with Gasteiger partial charge in [-0.25, -0.2) is 4.39 Å². The number of halogens is 2. The fourth-order valence-corrected chi connectivity index (χ4v) is 2.02. The number of benzene rings is 1. The molecular formula is C12H15ClFNO. The molecule has 1 N–H and O–H groups in total. The third-order valence-electron chi connectivity index (χ3n) is 2.86. The zero-order valence-electron chi connectivity index (χ0n) is 9.17. The number of ether oxygens (including phenoxy) is 1. The molecule has 4 heteroatoms. The summed E-state index contributed by atoms with van der Waals surface area (Å²) in [4.78, 5) is 0. The molecule has 16 heavy (non-hydrogen) atoms. The van der Waals surface area contributed by atoms with Crippen molar-refractivity contribution in [3.8, 4) is 0 Å². The van der Waals surface area contributed by atoms with E-state index in [2.05, 4.69) is 5.32 Å². The van der Waals surface area contributed by atoms with Crippen molar-refractivity contribution in [3.05, 3.63) is 34.6 Å². The van der Waals surface area contributed by atoms with Crippen LogP contribution in [0, 0.1) is 11.7 Å². The first-order chi connectivity index (χ1) is 7.72. The summed E-state index contributed by atoms with van der Waals surface area (Å²) < 4.78 is 19.0. The summed E-state index contributed by atoms with van der Waals surface area (Å²) in [7, 11) is 0. The Hall–Kier alpha value is -0.640. The Morgan fingerprint density at radius 1 is 1.56 bits per heavy atom. The molecule has 0 aromatic heterocycles. The maximum Gasteiger partial charge on any atom is 0.142 e. The summed E-state index contributed by atoms with van der Waals surface area (Å²) in [6, 6.07) is 4.90. The normalized spacial score (nSPS) is 18.2. The average Bonchev–Trinajstić information content (AvgIpc) is 2.19. The standard InChI is InChI=1S/C12H15ClFNO/c1-2-16-12(9-6-15-7-9)8-3-4-10(13)11(14)5-8/h3-5,9,12,15H,2,6-7H2,1H3. The highest BCUT2D eigenvalue weighted by Gasteiger charge is 2.29. The molecule has 88 valence electrons. The predicted octanol–water partition coefficient (Wildman–Crippen LogP) is 2.78. The lowest BCUT2D eigenvalue weighted by Crippen LogP contribution is -2.46. The molecule has 1 fully saturated rings. The van der Waals surface area contributed by atoms with Gasteiger partial charge in [0.2, 0.25) is 0 Å². The third kappa shape index (κ3) is 2.37. The predicted molar refractivity (Wildman–Crippen MR) is 62.1 cm³/mol. The second kappa shape index (κ2) is 5.13. The van der Waals surface area contributed by atoms with Crippen LogP contribution in [0.15, 0.2) is 18.2 Å². The van der Waals surface area contributed by atoms with Crippen LogP contribution in [0.1, 0.15) is 18.6 Å². The minimum absolute atomic E-state index is 0.0296. The fourth-order valence-electron chi connectivity index (χ4n) is 1.90. The van der Waals surface area contributed by atoms with Crippen LogP contribution in [0.4, 0.5) is 4.39 Å². The minimum atomic E-state index is -0.379. The van der Waals surface area contributed by atoms with E-state index in [9.17, 15) is 4.39 Å². The molecule has 1 aliphatic rings. The number of hydrogen-bond donors (Lipinski definition) is 1. The highest BCUT2D eigenvalue weighted by Crippen LogP contribution is 2.30. The maximum atomic E-state index is 13.4. The Kier molecular flexibility index (Phi) is 3.79. The van der Waals surface area contributed by atoms with E-state index in [1.54, 1.807) is 6.07 Å². The van der Waals surface area contributed by atoms with Crippen LogP contribution in [0.2, 0.25) is 5.02 Å². The van der Waals surface area contributed by atoms with Gasteiger partial charge >= 0.3 is 0 Å². The molecular weight excluding hydrogens is 229 g/mol. The highest BCUT2D eigenvalue weighted by atomic mass is 35.5. The van der Waals surface area contributed by atoms with E-state index in [0.717, 1.165) is 18.7 Å². The lowest BCUT2D eigenvalue weighted by Gasteiger charge is -2.34. The fraction of sp³-hybridized carbons (Fsp3) is 0.500. The molecule has 0 radical (unpaired) electrons. The molecule has 2 rings (SSSR count). The molecule has 1 unspecified atom stereocenters. The summed E-state index contributed by atoms with van der Waals surface area (Å²) in [5, 5.41) is 3.35. The van der Waals surface area contributed by atoms with E-state index in [-0.39, 0.29) is 16.9 Å². The second-order valence-electron chi connectivity index (χ2n) is 3.97. The molecule has 0 amide bonds. The number of hydrogen-bond acceptors (Lipinski definition) is 2. The molecule has 0 spiro atoms. The van der Waals surface area contributed by atoms with Gasteiger partial charge in [-0.15, -0.1) is 0 Å². The van der Waals surface area contributed by atoms with E-state index >= 15 is 0 Å². The molecule has 2 nitrogen and oxygen atoms in total. The molecule has 1 atom stereocenters. The average molecular weight is 244 g/mol. The first-order valence-corrected chi connectivity index (χ1v) is 5.87. The summed E-state index contributed by atoms with van der Waals surface area (Å²) in [5.41, 5.74) is 0.871. The Bertz CT molecular complexity index is 368. The zero-order chi connectivity index (χ0) is 11.5. The first-order valence-electron chi connectivity index (χ1n) is 5.49. The van der Waals surface area contributed by atoms with Crippen molar-refractivity contribution in [2.45, 2.75) is 13.0 Å². The summed E-state index contributed by atoms with van der Waals surface area (Å²) in [5.74, 6) is 0.0525. The van der Waals surface area contributed by atoms with Gasteiger partial charge in [0.25, 0.3) is 0 Å². The highest BCUT2D eigenvalue weighted by molar-refractivity contribution is 6.30. The van der Waals surface area contributed by atoms with Crippen LogP contribution >= 0.6 is 11.6 Å². The summed E-state index contributed by atoms with van der Waals surface area (Å²) >= 11 is 5.66. The molecule has 0 aliphatic carbocycles. The second-order valence-corrected chi connectivity index (χ2v) is 4.38. The summed E-state index contributed by atoms with van der Waals surface area (Å²) in [6.07, 6.45) is -0.0296. The van der Waals surface area contributed by atoms with Crippen LogP contribution in [-0.4, -0.2) is 19.7 Å². The van der Waals surface area contributed by atoms with Gasteiger partial charge in [-0.1, -0.05) is 17.7 Å². The van der Waals surface area contributed by atoms with Crippen LogP contribution < -0.4 is 5.32 Å². The van der Waals surface area contributed by atoms with Gasteiger partial charge in [-0.2, -0.15) is 0 Å². The molecule has 1 aromatic carbocycles. The van der Waals surface area contributed by atoms with Gasteiger partial charge in [-0.05, 0) is 24.6 Å². The monoisotopic (exact) mass is 243 g/mol. The van der Waals surface area contributed by atoms with E-state index in [0.29, 0.717) is 12.5 Å². The van der Waals surface area contributed by atoms with Crippen molar-refractivity contribution in [3.63, 3.8) is 0 Å². The summed E-state index contributed by atoms with van der Waals surface area (Å²) in [6.45, 7) is 4.43. The van der Waals surface area contributed by atoms with Crippen LogP contribution in [0.3, 0.4) is 0 Å². The van der Waals surface area contributed by atoms with Crippen molar-refractivity contribution in [1.29, 1.82) is 0 Å². The van der Waals surface area contributed by atoms with E-state index in [1.165, 1.54) is 6.07 Å². The Morgan fingerprint density at radius 3 is 2.81 bits per heavy atom. The van der Waals surface area contributed by atoms with Gasteiger partial charge in [0.15, 0.2) is 0 Å². The number of rotatable bonds is 4. The van der Waals surface area contributed by atoms with E-state index < -0.39 is 0 Å². The van der Waals surface area contributed by atoms with Crippen LogP contribution in [0.5, 0.6) is 0 Å². The molecule has 1 saturated heterocycles. The van der Waals surface area contributed by atoms with Crippen molar-refractivity contribution in [1.82, 2.24) is 5.32 Å². The molecule has 1 heterocycles. The SMILES string of the molecule is CCOC(c1ccc(Cl)c(F)c1)C1CNC1. The third-order valence-corrected chi connectivity index (χ3v) is 3.17. The Balaban J connectivity index is 2.20. The van der Waals surface area contributed by atoms with Gasteiger partial charge in [-0.3, -0.25) is 0 Å². The lowest BCUT2D eigenvalue weighted by molar-refractivity contribution is 0.000263. The quantitative estimate of drug-likeness (QED) is 0.878. The molecule has 1 aromatic rings. The maximum absolute atomic E-state index is 13.4. The van der Waals surface area contributed by atoms with Crippen molar-refractivity contribution >= 4 is 11.6 Å². The minimum Gasteiger partial charge on any atom is -0.373 e. The van der Waals surface area contributed by atoms with E-state index in [4.69, 9.17) is 16.3 Å². The van der Waals surface area contributed by atoms with Gasteiger partial charge in [0.1, 0.15) is 5.82 Å². The topological polar surface area (TPSA) is 21.3 Å². The Labute approximate surface area is 99.7 Å². The molecule has 0 saturated carbocycles.